The molecule has 6 nitrogen and oxygen atoms in total. The predicted octanol–water partition coefficient (Wildman–Crippen LogP) is 4.30. The van der Waals surface area contributed by atoms with Crippen LogP contribution in [0.1, 0.15) is 25.8 Å². The number of amides is 1. The number of halogens is 1. The number of hydrazone groups is 1. The van der Waals surface area contributed by atoms with Gasteiger partial charge in [-0.1, -0.05) is 25.4 Å². The van der Waals surface area contributed by atoms with Gasteiger partial charge < -0.3 is 14.2 Å². The maximum Gasteiger partial charge on any atom is 0.277 e. The molecule has 0 aliphatic heterocycles. The topological polar surface area (TPSA) is 69.2 Å². The van der Waals surface area contributed by atoms with E-state index in [2.05, 4.69) is 24.4 Å². The number of carbonyl (C=O) groups is 1. The molecule has 2 rings (SSSR count). The molecule has 2 aromatic rings. The largest absolute Gasteiger partial charge is 0.493 e. The Balaban J connectivity index is 1.83. The van der Waals surface area contributed by atoms with Crippen molar-refractivity contribution >= 4 is 23.7 Å². The van der Waals surface area contributed by atoms with Crippen LogP contribution in [0.5, 0.6) is 17.2 Å². The number of methoxy groups -OCH3 is 1. The number of nitrogens with zero attached hydrogens (tertiary/aromatic N) is 1. The highest BCUT2D eigenvalue weighted by Gasteiger charge is 2.06. The van der Waals surface area contributed by atoms with Crippen LogP contribution in [0.2, 0.25) is 5.02 Å². The van der Waals surface area contributed by atoms with Crippen LogP contribution in [-0.4, -0.2) is 32.4 Å². The predicted molar refractivity (Wildman–Crippen MR) is 111 cm³/mol. The molecule has 0 spiro atoms. The van der Waals surface area contributed by atoms with Crippen molar-refractivity contribution in [2.45, 2.75) is 20.3 Å². The lowest BCUT2D eigenvalue weighted by atomic mass is 10.1. The number of carbonyl (C=O) groups excluding carboxylic acids is 1. The molecule has 0 unspecified atom stereocenters. The van der Waals surface area contributed by atoms with E-state index in [9.17, 15) is 4.79 Å². The van der Waals surface area contributed by atoms with E-state index in [0.717, 1.165) is 12.0 Å². The minimum atomic E-state index is -0.369. The smallest absolute Gasteiger partial charge is 0.277 e. The average Bonchev–Trinajstić information content (AvgIpc) is 2.68. The molecular weight excluding hydrogens is 380 g/mol. The Labute approximate surface area is 170 Å². The van der Waals surface area contributed by atoms with E-state index in [-0.39, 0.29) is 12.5 Å². The second-order valence-corrected chi connectivity index (χ2v) is 6.91. The molecule has 0 bridgehead atoms. The molecule has 0 saturated carbocycles. The summed E-state index contributed by atoms with van der Waals surface area (Å²) < 4.78 is 16.5. The molecular formula is C21H25ClN2O4. The van der Waals surface area contributed by atoms with E-state index in [0.29, 0.717) is 34.8 Å². The van der Waals surface area contributed by atoms with Crippen molar-refractivity contribution in [1.82, 2.24) is 5.43 Å². The van der Waals surface area contributed by atoms with Gasteiger partial charge in [-0.05, 0) is 60.4 Å². The van der Waals surface area contributed by atoms with Crippen LogP contribution in [0.15, 0.2) is 47.6 Å². The first-order chi connectivity index (χ1) is 13.5. The van der Waals surface area contributed by atoms with E-state index in [1.165, 1.54) is 6.21 Å². The van der Waals surface area contributed by atoms with Crippen LogP contribution in [0.4, 0.5) is 0 Å². The Morgan fingerprint density at radius 1 is 1.14 bits per heavy atom. The molecule has 0 radical (unpaired) electrons. The summed E-state index contributed by atoms with van der Waals surface area (Å²) >= 11 is 5.80. The first-order valence-corrected chi connectivity index (χ1v) is 9.37. The molecule has 0 aliphatic rings. The quantitative estimate of drug-likeness (QED) is 0.473. The first kappa shape index (κ1) is 21.6. The van der Waals surface area contributed by atoms with E-state index in [4.69, 9.17) is 25.8 Å². The second kappa shape index (κ2) is 11.2. The summed E-state index contributed by atoms with van der Waals surface area (Å²) in [6.07, 6.45) is 2.50. The summed E-state index contributed by atoms with van der Waals surface area (Å²) in [4.78, 5) is 11.8. The fraction of sp³-hybridized carbons (Fsp3) is 0.333. The van der Waals surface area contributed by atoms with Crippen LogP contribution >= 0.6 is 11.6 Å². The summed E-state index contributed by atoms with van der Waals surface area (Å²) in [5.74, 6) is 2.06. The Morgan fingerprint density at radius 3 is 2.57 bits per heavy atom. The van der Waals surface area contributed by atoms with Gasteiger partial charge in [-0.3, -0.25) is 4.79 Å². The summed E-state index contributed by atoms with van der Waals surface area (Å²) in [7, 11) is 1.58. The van der Waals surface area contributed by atoms with E-state index >= 15 is 0 Å². The van der Waals surface area contributed by atoms with Gasteiger partial charge in [0.25, 0.3) is 5.91 Å². The molecule has 1 amide bonds. The third-order valence-corrected chi connectivity index (χ3v) is 3.98. The molecule has 0 heterocycles. The SMILES string of the molecule is COc1cc(/C=N\NC(=O)COc2ccc(Cl)cc2)ccc1OCCC(C)C. The standard InChI is InChI=1S/C21H25ClN2O4/c1-15(2)10-11-27-19-9-4-16(12-20(19)26-3)13-23-24-21(25)14-28-18-7-5-17(22)6-8-18/h4-9,12-13,15H,10-11,14H2,1-3H3,(H,24,25)/b23-13-. The van der Waals surface area contributed by atoms with Gasteiger partial charge in [-0.2, -0.15) is 5.10 Å². The highest BCUT2D eigenvalue weighted by atomic mass is 35.5. The Kier molecular flexibility index (Phi) is 8.62. The molecule has 2 aromatic carbocycles. The van der Waals surface area contributed by atoms with Crippen molar-refractivity contribution in [2.75, 3.05) is 20.3 Å². The van der Waals surface area contributed by atoms with Gasteiger partial charge in [0.05, 0.1) is 19.9 Å². The van der Waals surface area contributed by atoms with Gasteiger partial charge in [0.1, 0.15) is 5.75 Å². The first-order valence-electron chi connectivity index (χ1n) is 8.99. The van der Waals surface area contributed by atoms with Gasteiger partial charge in [0.15, 0.2) is 18.1 Å². The van der Waals surface area contributed by atoms with Gasteiger partial charge in [-0.25, -0.2) is 5.43 Å². The lowest BCUT2D eigenvalue weighted by Crippen LogP contribution is -2.24. The van der Waals surface area contributed by atoms with Crippen LogP contribution in [0.25, 0.3) is 0 Å². The average molecular weight is 405 g/mol. The van der Waals surface area contributed by atoms with Crippen LogP contribution in [-0.2, 0) is 4.79 Å². The van der Waals surface area contributed by atoms with Gasteiger partial charge in [0.2, 0.25) is 0 Å². The molecule has 0 atom stereocenters. The Bertz CT molecular complexity index is 791. The summed E-state index contributed by atoms with van der Waals surface area (Å²) in [6.45, 7) is 4.78. The monoisotopic (exact) mass is 404 g/mol. The number of hydrogen-bond acceptors (Lipinski definition) is 5. The molecule has 0 aliphatic carbocycles. The Hall–Kier alpha value is -2.73. The van der Waals surface area contributed by atoms with Crippen LogP contribution < -0.4 is 19.6 Å². The third-order valence-electron chi connectivity index (χ3n) is 3.73. The Morgan fingerprint density at radius 2 is 1.89 bits per heavy atom. The minimum absolute atomic E-state index is 0.148. The lowest BCUT2D eigenvalue weighted by Gasteiger charge is -2.12. The maximum atomic E-state index is 11.8. The zero-order valence-corrected chi connectivity index (χ0v) is 17.0. The molecule has 0 aromatic heterocycles. The van der Waals surface area contributed by atoms with Crippen molar-refractivity contribution in [3.63, 3.8) is 0 Å². The fourth-order valence-corrected chi connectivity index (χ4v) is 2.31. The maximum absolute atomic E-state index is 11.8. The van der Waals surface area contributed by atoms with Crippen molar-refractivity contribution in [2.24, 2.45) is 11.0 Å². The second-order valence-electron chi connectivity index (χ2n) is 6.48. The number of nitrogens with one attached hydrogen (secondary N) is 1. The normalized spacial score (nSPS) is 10.9. The third kappa shape index (κ3) is 7.48. The fourth-order valence-electron chi connectivity index (χ4n) is 2.18. The molecule has 0 saturated heterocycles. The molecule has 28 heavy (non-hydrogen) atoms. The molecule has 1 N–H and O–H groups in total. The van der Waals surface area contributed by atoms with Crippen molar-refractivity contribution in [1.29, 1.82) is 0 Å². The number of rotatable bonds is 10. The van der Waals surface area contributed by atoms with E-state index in [1.807, 2.05) is 12.1 Å². The number of ether oxygens (including phenoxy) is 3. The molecule has 150 valence electrons. The lowest BCUT2D eigenvalue weighted by molar-refractivity contribution is -0.123. The van der Waals surface area contributed by atoms with Crippen molar-refractivity contribution in [3.8, 4) is 17.2 Å². The molecule has 0 fully saturated rings. The zero-order valence-electron chi connectivity index (χ0n) is 16.3. The highest BCUT2D eigenvalue weighted by Crippen LogP contribution is 2.27. The van der Waals surface area contributed by atoms with Gasteiger partial charge in [-0.15, -0.1) is 0 Å². The molecule has 7 heteroatoms. The van der Waals surface area contributed by atoms with Gasteiger partial charge in [0, 0.05) is 5.02 Å². The van der Waals surface area contributed by atoms with Gasteiger partial charge >= 0.3 is 0 Å². The van der Waals surface area contributed by atoms with E-state index in [1.54, 1.807) is 37.4 Å². The van der Waals surface area contributed by atoms with Crippen LogP contribution in [0, 0.1) is 5.92 Å². The van der Waals surface area contributed by atoms with Crippen molar-refractivity contribution < 1.29 is 19.0 Å². The summed E-state index contributed by atoms with van der Waals surface area (Å²) in [5.41, 5.74) is 3.19. The summed E-state index contributed by atoms with van der Waals surface area (Å²) in [6, 6.07) is 12.2. The minimum Gasteiger partial charge on any atom is -0.493 e. The number of benzene rings is 2. The number of hydrogen-bond donors (Lipinski definition) is 1. The zero-order chi connectivity index (χ0) is 20.4. The van der Waals surface area contributed by atoms with Crippen LogP contribution in [0.3, 0.4) is 0 Å². The highest BCUT2D eigenvalue weighted by molar-refractivity contribution is 6.30. The van der Waals surface area contributed by atoms with E-state index < -0.39 is 0 Å². The van der Waals surface area contributed by atoms with Crippen molar-refractivity contribution in [3.05, 3.63) is 53.1 Å². The summed E-state index contributed by atoms with van der Waals surface area (Å²) in [5, 5.41) is 4.54.